The van der Waals surface area contributed by atoms with Gasteiger partial charge in [-0.15, -0.1) is 0 Å². The van der Waals surface area contributed by atoms with Crippen molar-refractivity contribution in [2.75, 3.05) is 18.4 Å². The van der Waals surface area contributed by atoms with Crippen molar-refractivity contribution in [3.63, 3.8) is 0 Å². The van der Waals surface area contributed by atoms with E-state index in [1.807, 2.05) is 0 Å². The molecule has 4 N–H and O–H groups in total. The molecular formula is C13H18FN3O. The molecule has 0 saturated carbocycles. The smallest absolute Gasteiger partial charge is 0.250 e. The molecule has 0 bridgehead atoms. The van der Waals surface area contributed by atoms with Gasteiger partial charge in [0.2, 0.25) is 0 Å². The molecule has 0 unspecified atom stereocenters. The number of anilines is 1. The molecule has 1 saturated heterocycles. The van der Waals surface area contributed by atoms with Crippen LogP contribution in [-0.2, 0) is 0 Å². The Morgan fingerprint density at radius 1 is 1.56 bits per heavy atom. The van der Waals surface area contributed by atoms with Gasteiger partial charge in [-0.2, -0.15) is 0 Å². The summed E-state index contributed by atoms with van der Waals surface area (Å²) in [6, 6.07) is 4.58. The molecule has 0 spiro atoms. The number of nitrogens with one attached hydrogen (secondary N) is 2. The van der Waals surface area contributed by atoms with E-state index in [1.165, 1.54) is 25.0 Å². The molecule has 18 heavy (non-hydrogen) atoms. The number of halogens is 1. The van der Waals surface area contributed by atoms with E-state index >= 15 is 0 Å². The van der Waals surface area contributed by atoms with E-state index in [2.05, 4.69) is 10.6 Å². The molecule has 1 aliphatic rings. The molecule has 1 fully saturated rings. The second-order valence-electron chi connectivity index (χ2n) is 4.56. The summed E-state index contributed by atoms with van der Waals surface area (Å²) in [4.78, 5) is 11.2. The number of nitrogens with two attached hydrogens (primary N) is 1. The van der Waals surface area contributed by atoms with Gasteiger partial charge in [-0.25, -0.2) is 4.39 Å². The maximum atomic E-state index is 13.0. The molecule has 98 valence electrons. The molecule has 5 heteroatoms. The highest BCUT2D eigenvalue weighted by Crippen LogP contribution is 2.17. The normalized spacial score (nSPS) is 18.8. The quantitative estimate of drug-likeness (QED) is 0.742. The summed E-state index contributed by atoms with van der Waals surface area (Å²) in [7, 11) is 0. The molecule has 0 radical (unpaired) electrons. The molecule has 1 aliphatic heterocycles. The van der Waals surface area contributed by atoms with Crippen LogP contribution in [0.3, 0.4) is 0 Å². The molecule has 1 heterocycles. The predicted molar refractivity (Wildman–Crippen MR) is 69.0 cm³/mol. The van der Waals surface area contributed by atoms with Crippen molar-refractivity contribution in [3.8, 4) is 0 Å². The van der Waals surface area contributed by atoms with Gasteiger partial charge in [-0.05, 0) is 44.0 Å². The Bertz CT molecular complexity index is 430. The van der Waals surface area contributed by atoms with Crippen molar-refractivity contribution in [2.45, 2.75) is 25.3 Å². The van der Waals surface area contributed by atoms with E-state index < -0.39 is 11.7 Å². The van der Waals surface area contributed by atoms with Gasteiger partial charge in [-0.3, -0.25) is 4.79 Å². The first-order valence-corrected chi connectivity index (χ1v) is 6.23. The molecule has 1 amide bonds. The fourth-order valence-corrected chi connectivity index (χ4v) is 2.26. The summed E-state index contributed by atoms with van der Waals surface area (Å²) in [6.07, 6.45) is 3.39. The Balaban J connectivity index is 1.93. The summed E-state index contributed by atoms with van der Waals surface area (Å²) in [5.41, 5.74) is 6.02. The van der Waals surface area contributed by atoms with Crippen LogP contribution in [0.4, 0.5) is 10.1 Å². The Kier molecular flexibility index (Phi) is 4.15. The number of benzene rings is 1. The third-order valence-electron chi connectivity index (χ3n) is 3.22. The van der Waals surface area contributed by atoms with Crippen LogP contribution in [0.2, 0.25) is 0 Å². The highest BCUT2D eigenvalue weighted by molar-refractivity contribution is 5.98. The average Bonchev–Trinajstić information content (AvgIpc) is 2.84. The lowest BCUT2D eigenvalue weighted by Gasteiger charge is -2.13. The van der Waals surface area contributed by atoms with Crippen LogP contribution in [0.1, 0.15) is 29.6 Å². The number of primary amides is 1. The minimum atomic E-state index is -0.615. The summed E-state index contributed by atoms with van der Waals surface area (Å²) in [5.74, 6) is -1.07. The van der Waals surface area contributed by atoms with Gasteiger partial charge in [0.05, 0.1) is 5.56 Å². The van der Waals surface area contributed by atoms with Crippen LogP contribution in [0, 0.1) is 5.82 Å². The third kappa shape index (κ3) is 3.20. The van der Waals surface area contributed by atoms with E-state index in [0.29, 0.717) is 11.7 Å². The molecule has 4 nitrogen and oxygen atoms in total. The first-order chi connectivity index (χ1) is 8.66. The molecule has 0 aliphatic carbocycles. The van der Waals surface area contributed by atoms with Gasteiger partial charge in [0.15, 0.2) is 0 Å². The number of carbonyl (C=O) groups is 1. The number of carbonyl (C=O) groups excluding carboxylic acids is 1. The highest BCUT2D eigenvalue weighted by atomic mass is 19.1. The second kappa shape index (κ2) is 5.82. The maximum absolute atomic E-state index is 13.0. The van der Waals surface area contributed by atoms with Crippen LogP contribution in [0.15, 0.2) is 18.2 Å². The molecule has 0 aromatic heterocycles. The number of hydrogen-bond acceptors (Lipinski definition) is 3. The monoisotopic (exact) mass is 251 g/mol. The van der Waals surface area contributed by atoms with Crippen LogP contribution < -0.4 is 16.4 Å². The molecule has 1 aromatic carbocycles. The topological polar surface area (TPSA) is 67.2 Å². The molecule has 2 rings (SSSR count). The van der Waals surface area contributed by atoms with E-state index in [4.69, 9.17) is 5.73 Å². The zero-order valence-electron chi connectivity index (χ0n) is 10.2. The van der Waals surface area contributed by atoms with Crippen molar-refractivity contribution in [3.05, 3.63) is 29.6 Å². The highest BCUT2D eigenvalue weighted by Gasteiger charge is 2.14. The van der Waals surface area contributed by atoms with Crippen molar-refractivity contribution >= 4 is 11.6 Å². The summed E-state index contributed by atoms with van der Waals surface area (Å²) < 4.78 is 13.0. The summed E-state index contributed by atoms with van der Waals surface area (Å²) in [6.45, 7) is 1.82. The Morgan fingerprint density at radius 2 is 2.39 bits per heavy atom. The van der Waals surface area contributed by atoms with Crippen molar-refractivity contribution < 1.29 is 9.18 Å². The number of amides is 1. The lowest BCUT2D eigenvalue weighted by Crippen LogP contribution is -2.24. The van der Waals surface area contributed by atoms with Crippen LogP contribution >= 0.6 is 0 Å². The van der Waals surface area contributed by atoms with Gasteiger partial charge in [0, 0.05) is 18.3 Å². The van der Waals surface area contributed by atoms with E-state index in [9.17, 15) is 9.18 Å². The van der Waals surface area contributed by atoms with E-state index in [-0.39, 0.29) is 5.56 Å². The van der Waals surface area contributed by atoms with Gasteiger partial charge in [0.1, 0.15) is 5.82 Å². The number of hydrogen-bond donors (Lipinski definition) is 3. The standard InChI is InChI=1S/C13H18FN3O/c14-9-3-4-12(11(8-9)13(15)18)17-7-5-10-2-1-6-16-10/h3-4,8,10,16-17H,1-2,5-7H2,(H2,15,18)/t10-/m1/s1. The van der Waals surface area contributed by atoms with Crippen molar-refractivity contribution in [1.29, 1.82) is 0 Å². The van der Waals surface area contributed by atoms with Crippen LogP contribution in [-0.4, -0.2) is 25.0 Å². The lowest BCUT2D eigenvalue weighted by molar-refractivity contribution is 0.100. The second-order valence-corrected chi connectivity index (χ2v) is 4.56. The first kappa shape index (κ1) is 12.8. The Labute approximate surface area is 106 Å². The summed E-state index contributed by atoms with van der Waals surface area (Å²) >= 11 is 0. The van der Waals surface area contributed by atoms with Crippen molar-refractivity contribution in [2.24, 2.45) is 5.73 Å². The fourth-order valence-electron chi connectivity index (χ4n) is 2.26. The SMILES string of the molecule is NC(=O)c1cc(F)ccc1NCC[C@H]1CCCN1. The zero-order valence-corrected chi connectivity index (χ0v) is 10.2. The average molecular weight is 251 g/mol. The third-order valence-corrected chi connectivity index (χ3v) is 3.22. The fraction of sp³-hybridized carbons (Fsp3) is 0.462. The molecular weight excluding hydrogens is 233 g/mol. The maximum Gasteiger partial charge on any atom is 0.250 e. The predicted octanol–water partition coefficient (Wildman–Crippen LogP) is 1.48. The van der Waals surface area contributed by atoms with E-state index in [0.717, 1.165) is 19.5 Å². The summed E-state index contributed by atoms with van der Waals surface area (Å²) in [5, 5.41) is 6.54. The lowest BCUT2D eigenvalue weighted by atomic mass is 10.1. The van der Waals surface area contributed by atoms with Crippen LogP contribution in [0.5, 0.6) is 0 Å². The minimum Gasteiger partial charge on any atom is -0.384 e. The number of rotatable bonds is 5. The van der Waals surface area contributed by atoms with E-state index in [1.54, 1.807) is 6.07 Å². The first-order valence-electron chi connectivity index (χ1n) is 6.23. The van der Waals surface area contributed by atoms with Gasteiger partial charge >= 0.3 is 0 Å². The Hall–Kier alpha value is -1.62. The van der Waals surface area contributed by atoms with Gasteiger partial charge < -0.3 is 16.4 Å². The van der Waals surface area contributed by atoms with Gasteiger partial charge in [-0.1, -0.05) is 0 Å². The van der Waals surface area contributed by atoms with Crippen LogP contribution in [0.25, 0.3) is 0 Å². The Morgan fingerprint density at radius 3 is 3.06 bits per heavy atom. The molecule has 1 aromatic rings. The van der Waals surface area contributed by atoms with Gasteiger partial charge in [0.25, 0.3) is 5.91 Å². The molecule has 1 atom stereocenters. The van der Waals surface area contributed by atoms with Crippen molar-refractivity contribution in [1.82, 2.24) is 5.32 Å². The minimum absolute atomic E-state index is 0.203. The largest absolute Gasteiger partial charge is 0.384 e. The zero-order chi connectivity index (χ0) is 13.0.